The summed E-state index contributed by atoms with van der Waals surface area (Å²) in [5, 5.41) is 0. The van der Waals surface area contributed by atoms with Crippen LogP contribution in [0.15, 0.2) is 36.5 Å². The number of esters is 1. The predicted octanol–water partition coefficient (Wildman–Crippen LogP) is 1.88. The summed E-state index contributed by atoms with van der Waals surface area (Å²) in [6, 6.07) is 9.06. The Balaban J connectivity index is 2.15. The Morgan fingerprint density at radius 1 is 1.33 bits per heavy atom. The molecule has 0 saturated heterocycles. The van der Waals surface area contributed by atoms with Crippen molar-refractivity contribution in [2.45, 2.75) is 26.3 Å². The second kappa shape index (κ2) is 6.95. The summed E-state index contributed by atoms with van der Waals surface area (Å²) >= 11 is 0. The number of hydrogen-bond acceptors (Lipinski definition) is 5. The number of nitrogens with zero attached hydrogens (tertiary/aromatic N) is 2. The lowest BCUT2D eigenvalue weighted by atomic mass is 10.1. The number of nitrogens with two attached hydrogens (primary N) is 1. The zero-order valence-electron chi connectivity index (χ0n) is 12.2. The van der Waals surface area contributed by atoms with Crippen LogP contribution in [0.2, 0.25) is 0 Å². The van der Waals surface area contributed by atoms with Crippen LogP contribution < -0.4 is 5.73 Å². The lowest BCUT2D eigenvalue weighted by Gasteiger charge is -2.12. The summed E-state index contributed by atoms with van der Waals surface area (Å²) in [6.07, 6.45) is 2.10. The van der Waals surface area contributed by atoms with E-state index in [1.54, 1.807) is 13.1 Å². The van der Waals surface area contributed by atoms with Gasteiger partial charge in [-0.15, -0.1) is 0 Å². The summed E-state index contributed by atoms with van der Waals surface area (Å²) in [7, 11) is 0. The molecule has 0 aliphatic carbocycles. The highest BCUT2D eigenvalue weighted by atomic mass is 16.5. The third-order valence-corrected chi connectivity index (χ3v) is 3.14. The Morgan fingerprint density at radius 2 is 2.05 bits per heavy atom. The topological polar surface area (TPSA) is 78.1 Å². The summed E-state index contributed by atoms with van der Waals surface area (Å²) in [4.78, 5) is 20.4. The average Bonchev–Trinajstić information content (AvgIpc) is 2.50. The number of hydrogen-bond donors (Lipinski definition) is 1. The van der Waals surface area contributed by atoms with Gasteiger partial charge in [0.15, 0.2) is 5.82 Å². The maximum Gasteiger partial charge on any atom is 0.323 e. The first-order valence-corrected chi connectivity index (χ1v) is 6.92. The fourth-order valence-corrected chi connectivity index (χ4v) is 1.99. The molecule has 2 aromatic rings. The molecular formula is C16H19N3O2. The maximum atomic E-state index is 11.6. The molecule has 0 radical (unpaired) electrons. The minimum atomic E-state index is -0.685. The van der Waals surface area contributed by atoms with Crippen molar-refractivity contribution < 1.29 is 9.53 Å². The van der Waals surface area contributed by atoms with Crippen molar-refractivity contribution >= 4 is 5.97 Å². The Labute approximate surface area is 124 Å². The summed E-state index contributed by atoms with van der Waals surface area (Å²) in [5.41, 5.74) is 8.46. The first-order chi connectivity index (χ1) is 10.1. The first-order valence-electron chi connectivity index (χ1n) is 6.92. The highest BCUT2D eigenvalue weighted by Gasteiger charge is 2.17. The lowest BCUT2D eigenvalue weighted by molar-refractivity contribution is -0.144. The van der Waals surface area contributed by atoms with E-state index in [-0.39, 0.29) is 0 Å². The molecule has 0 spiro atoms. The van der Waals surface area contributed by atoms with Crippen LogP contribution in [0, 0.1) is 6.92 Å². The van der Waals surface area contributed by atoms with Crippen LogP contribution in [-0.2, 0) is 16.0 Å². The molecule has 1 heterocycles. The van der Waals surface area contributed by atoms with Crippen molar-refractivity contribution in [2.75, 3.05) is 6.61 Å². The van der Waals surface area contributed by atoms with Gasteiger partial charge < -0.3 is 10.5 Å². The smallest absolute Gasteiger partial charge is 0.323 e. The predicted molar refractivity (Wildman–Crippen MR) is 80.5 cm³/mol. The zero-order valence-corrected chi connectivity index (χ0v) is 12.2. The fourth-order valence-electron chi connectivity index (χ4n) is 1.99. The van der Waals surface area contributed by atoms with Crippen molar-refractivity contribution in [1.29, 1.82) is 0 Å². The van der Waals surface area contributed by atoms with E-state index in [2.05, 4.69) is 9.97 Å². The Morgan fingerprint density at radius 3 is 2.67 bits per heavy atom. The van der Waals surface area contributed by atoms with E-state index in [1.165, 1.54) is 0 Å². The molecule has 1 unspecified atom stereocenters. The molecule has 2 rings (SSSR count). The van der Waals surface area contributed by atoms with Crippen molar-refractivity contribution in [3.8, 4) is 11.4 Å². The molecule has 0 aliphatic heterocycles. The molecule has 2 N–H and O–H groups in total. The molecule has 0 fully saturated rings. The van der Waals surface area contributed by atoms with Gasteiger partial charge in [0.1, 0.15) is 6.04 Å². The first kappa shape index (κ1) is 15.1. The van der Waals surface area contributed by atoms with Crippen LogP contribution in [0.5, 0.6) is 0 Å². The van der Waals surface area contributed by atoms with Crippen LogP contribution in [0.1, 0.15) is 18.2 Å². The molecule has 0 amide bonds. The lowest BCUT2D eigenvalue weighted by Crippen LogP contribution is -2.34. The van der Waals surface area contributed by atoms with E-state index in [0.717, 1.165) is 16.8 Å². The van der Waals surface area contributed by atoms with Gasteiger partial charge in [-0.1, -0.05) is 30.3 Å². The normalized spacial score (nSPS) is 12.0. The van der Waals surface area contributed by atoms with Gasteiger partial charge in [0.25, 0.3) is 0 Å². The van der Waals surface area contributed by atoms with Gasteiger partial charge in [0.05, 0.1) is 6.61 Å². The summed E-state index contributed by atoms with van der Waals surface area (Å²) < 4.78 is 4.90. The molecule has 110 valence electrons. The molecule has 0 saturated carbocycles. The minimum Gasteiger partial charge on any atom is -0.465 e. The highest BCUT2D eigenvalue weighted by Crippen LogP contribution is 2.16. The van der Waals surface area contributed by atoms with Crippen molar-refractivity contribution in [1.82, 2.24) is 9.97 Å². The molecule has 1 aromatic heterocycles. The molecule has 0 aliphatic rings. The quantitative estimate of drug-likeness (QED) is 0.849. The van der Waals surface area contributed by atoms with Crippen LogP contribution in [-0.4, -0.2) is 28.6 Å². The molecule has 1 atom stereocenters. The van der Waals surface area contributed by atoms with Gasteiger partial charge in [-0.3, -0.25) is 4.79 Å². The van der Waals surface area contributed by atoms with Gasteiger partial charge in [-0.25, -0.2) is 9.97 Å². The Kier molecular flexibility index (Phi) is 5.00. The van der Waals surface area contributed by atoms with Crippen molar-refractivity contribution in [2.24, 2.45) is 5.73 Å². The van der Waals surface area contributed by atoms with E-state index >= 15 is 0 Å². The highest BCUT2D eigenvalue weighted by molar-refractivity contribution is 5.75. The molecule has 5 heteroatoms. The number of carbonyl (C=O) groups is 1. The van der Waals surface area contributed by atoms with Gasteiger partial charge in [0.2, 0.25) is 0 Å². The number of rotatable bonds is 5. The number of aryl methyl sites for hydroxylation is 1. The average molecular weight is 285 g/mol. The van der Waals surface area contributed by atoms with Gasteiger partial charge in [-0.2, -0.15) is 0 Å². The standard InChI is InChI=1S/C16H19N3O2/c1-3-21-16(20)14(17)9-13-10-18-15(19-11(13)2)12-7-5-4-6-8-12/h4-8,10,14H,3,9,17H2,1-2H3. The second-order valence-electron chi connectivity index (χ2n) is 4.73. The third kappa shape index (κ3) is 3.86. The number of benzene rings is 1. The van der Waals surface area contributed by atoms with Gasteiger partial charge in [0, 0.05) is 23.9 Å². The van der Waals surface area contributed by atoms with E-state index in [4.69, 9.17) is 10.5 Å². The minimum absolute atomic E-state index is 0.328. The number of ether oxygens (including phenoxy) is 1. The third-order valence-electron chi connectivity index (χ3n) is 3.14. The largest absolute Gasteiger partial charge is 0.465 e. The fraction of sp³-hybridized carbons (Fsp3) is 0.312. The van der Waals surface area contributed by atoms with Gasteiger partial charge >= 0.3 is 5.97 Å². The molecule has 1 aromatic carbocycles. The molecule has 5 nitrogen and oxygen atoms in total. The van der Waals surface area contributed by atoms with Crippen LogP contribution in [0.3, 0.4) is 0 Å². The molecule has 21 heavy (non-hydrogen) atoms. The van der Waals surface area contributed by atoms with E-state index < -0.39 is 12.0 Å². The van der Waals surface area contributed by atoms with Crippen LogP contribution >= 0.6 is 0 Å². The number of carbonyl (C=O) groups excluding carboxylic acids is 1. The Hall–Kier alpha value is -2.27. The maximum absolute atomic E-state index is 11.6. The second-order valence-corrected chi connectivity index (χ2v) is 4.73. The van der Waals surface area contributed by atoms with E-state index in [1.807, 2.05) is 37.3 Å². The van der Waals surface area contributed by atoms with Crippen LogP contribution in [0.25, 0.3) is 11.4 Å². The van der Waals surface area contributed by atoms with E-state index in [0.29, 0.717) is 18.9 Å². The summed E-state index contributed by atoms with van der Waals surface area (Å²) in [5.74, 6) is 0.269. The van der Waals surface area contributed by atoms with Crippen molar-refractivity contribution in [3.05, 3.63) is 47.8 Å². The van der Waals surface area contributed by atoms with E-state index in [9.17, 15) is 4.79 Å². The van der Waals surface area contributed by atoms with Crippen LogP contribution in [0.4, 0.5) is 0 Å². The summed E-state index contributed by atoms with van der Waals surface area (Å²) in [6.45, 7) is 3.98. The SMILES string of the molecule is CCOC(=O)C(N)Cc1cnc(-c2ccccc2)nc1C. The molecular weight excluding hydrogens is 266 g/mol. The van der Waals surface area contributed by atoms with Crippen molar-refractivity contribution in [3.63, 3.8) is 0 Å². The van der Waals surface area contributed by atoms with Gasteiger partial charge in [-0.05, 0) is 19.4 Å². The monoisotopic (exact) mass is 285 g/mol. The zero-order chi connectivity index (χ0) is 15.2. The molecule has 0 bridgehead atoms. The Bertz CT molecular complexity index is 614. The number of aromatic nitrogens is 2.